The summed E-state index contributed by atoms with van der Waals surface area (Å²) in [6, 6.07) is 1.66. The van der Waals surface area contributed by atoms with E-state index in [4.69, 9.17) is 42.1 Å². The summed E-state index contributed by atoms with van der Waals surface area (Å²) in [5, 5.41) is 0. The third-order valence-corrected chi connectivity index (χ3v) is 6.68. The van der Waals surface area contributed by atoms with Gasteiger partial charge in [0.2, 0.25) is 5.78 Å². The molecule has 2 aliphatic carbocycles. The molecule has 33 heavy (non-hydrogen) atoms. The molecule has 1 fully saturated rings. The van der Waals surface area contributed by atoms with Gasteiger partial charge in [-0.1, -0.05) is 0 Å². The van der Waals surface area contributed by atoms with Crippen LogP contribution < -0.4 is 4.74 Å². The molecule has 0 aromatic heterocycles. The molecule has 7 nitrogen and oxygen atoms in total. The van der Waals surface area contributed by atoms with Crippen molar-refractivity contribution in [3.8, 4) is 5.75 Å². The zero-order chi connectivity index (χ0) is 23.9. The lowest BCUT2D eigenvalue weighted by Gasteiger charge is -2.26. The summed E-state index contributed by atoms with van der Waals surface area (Å²) in [5.74, 6) is 0.331. The first-order valence-corrected chi connectivity index (χ1v) is 12.2. The number of hydrogen-bond donors (Lipinski definition) is 0. The van der Waals surface area contributed by atoms with Crippen LogP contribution >= 0.6 is 23.2 Å². The molecule has 0 spiro atoms. The van der Waals surface area contributed by atoms with Crippen molar-refractivity contribution >= 4 is 34.8 Å². The molecule has 0 N–H and O–H groups in total. The number of nitrogens with zero attached hydrogens (tertiary/aromatic N) is 1. The number of carbonyl (C=O) groups is 2. The lowest BCUT2D eigenvalue weighted by molar-refractivity contribution is -0.148. The first kappa shape index (κ1) is 24.5. The molecule has 1 aromatic rings. The van der Waals surface area contributed by atoms with E-state index in [-0.39, 0.29) is 29.5 Å². The molecule has 2 unspecified atom stereocenters. The first-order chi connectivity index (χ1) is 15.7. The second-order valence-corrected chi connectivity index (χ2v) is 9.63. The SMILES string of the molecule is COC1=C(C)C(=O)c2c(cc(OCCN(CCCl)CCCl)c3c2CC2OC(C)(C)OC32)C1=O. The third kappa shape index (κ3) is 4.42. The minimum Gasteiger partial charge on any atom is -0.492 e. The van der Waals surface area contributed by atoms with E-state index in [1.807, 2.05) is 13.8 Å². The number of Topliss-reactive ketones (excluding diaryl/α,β-unsaturated/α-hetero) is 2. The second-order valence-electron chi connectivity index (χ2n) is 8.87. The van der Waals surface area contributed by atoms with Gasteiger partial charge in [-0.15, -0.1) is 23.2 Å². The number of hydrogen-bond acceptors (Lipinski definition) is 7. The Hall–Kier alpha value is -1.64. The van der Waals surface area contributed by atoms with Crippen molar-refractivity contribution < 1.29 is 28.5 Å². The Labute approximate surface area is 203 Å². The maximum atomic E-state index is 13.3. The quantitative estimate of drug-likeness (QED) is 0.479. The van der Waals surface area contributed by atoms with E-state index in [0.717, 1.165) is 11.1 Å². The fraction of sp³-hybridized carbons (Fsp3) is 0.583. The van der Waals surface area contributed by atoms with Crippen LogP contribution in [0.25, 0.3) is 0 Å². The van der Waals surface area contributed by atoms with E-state index in [1.165, 1.54) is 7.11 Å². The molecule has 0 saturated carbocycles. The standard InChI is InChI=1S/C24H29Cl2NO6/c1-13-20(28)18-14-11-17-23(33-24(2,3)32-17)19(14)16(12-15(18)21(29)22(13)30-4)31-10-9-27(7-5-25)8-6-26/h12,17,23H,5-11H2,1-4H3. The van der Waals surface area contributed by atoms with E-state index in [1.54, 1.807) is 13.0 Å². The van der Waals surface area contributed by atoms with E-state index in [9.17, 15) is 9.59 Å². The van der Waals surface area contributed by atoms with Crippen molar-refractivity contribution in [2.75, 3.05) is 45.1 Å². The van der Waals surface area contributed by atoms with Gasteiger partial charge < -0.3 is 18.9 Å². The van der Waals surface area contributed by atoms with Crippen LogP contribution in [0.15, 0.2) is 17.4 Å². The molecule has 4 rings (SSSR count). The molecule has 3 aliphatic rings. The Kier molecular flexibility index (Phi) is 7.08. The maximum Gasteiger partial charge on any atom is 0.228 e. The third-order valence-electron chi connectivity index (χ3n) is 6.34. The Morgan fingerprint density at radius 1 is 1.12 bits per heavy atom. The number of carbonyl (C=O) groups excluding carboxylic acids is 2. The highest BCUT2D eigenvalue weighted by Gasteiger charge is 2.51. The molecular formula is C24H29Cl2NO6. The first-order valence-electron chi connectivity index (χ1n) is 11.1. The van der Waals surface area contributed by atoms with Gasteiger partial charge in [0.15, 0.2) is 17.3 Å². The number of allylic oxidation sites excluding steroid dienone is 2. The highest BCUT2D eigenvalue weighted by molar-refractivity contribution is 6.27. The van der Waals surface area contributed by atoms with Crippen LogP contribution in [0.3, 0.4) is 0 Å². The molecule has 0 radical (unpaired) electrons. The highest BCUT2D eigenvalue weighted by atomic mass is 35.5. The number of ether oxygens (including phenoxy) is 4. The van der Waals surface area contributed by atoms with Crippen molar-refractivity contribution in [2.24, 2.45) is 0 Å². The summed E-state index contributed by atoms with van der Waals surface area (Å²) in [6.07, 6.45) is -0.140. The summed E-state index contributed by atoms with van der Waals surface area (Å²) < 4.78 is 23.7. The maximum absolute atomic E-state index is 13.3. The van der Waals surface area contributed by atoms with Gasteiger partial charge in [-0.3, -0.25) is 14.5 Å². The monoisotopic (exact) mass is 497 g/mol. The van der Waals surface area contributed by atoms with Gasteiger partial charge in [-0.05, 0) is 32.4 Å². The Balaban J connectivity index is 1.72. The molecule has 1 heterocycles. The number of fused-ring (bicyclic) bond motifs is 5. The van der Waals surface area contributed by atoms with Crippen molar-refractivity contribution in [1.29, 1.82) is 0 Å². The average Bonchev–Trinajstić information content (AvgIpc) is 3.24. The van der Waals surface area contributed by atoms with Crippen molar-refractivity contribution in [3.05, 3.63) is 39.7 Å². The number of alkyl halides is 2. The molecule has 2 atom stereocenters. The number of benzene rings is 1. The topological polar surface area (TPSA) is 74.3 Å². The van der Waals surface area contributed by atoms with E-state index in [2.05, 4.69) is 4.90 Å². The molecule has 180 valence electrons. The van der Waals surface area contributed by atoms with Gasteiger partial charge in [-0.25, -0.2) is 0 Å². The fourth-order valence-corrected chi connectivity index (χ4v) is 5.41. The molecule has 9 heteroatoms. The van der Waals surface area contributed by atoms with Crippen LogP contribution in [0.1, 0.15) is 58.7 Å². The predicted octanol–water partition coefficient (Wildman–Crippen LogP) is 3.89. The molecule has 0 amide bonds. The molecule has 0 bridgehead atoms. The van der Waals surface area contributed by atoms with Crippen LogP contribution in [-0.2, 0) is 20.6 Å². The largest absolute Gasteiger partial charge is 0.492 e. The number of rotatable bonds is 9. The number of methoxy groups -OCH3 is 1. The molecular weight excluding hydrogens is 469 g/mol. The van der Waals surface area contributed by atoms with Crippen molar-refractivity contribution in [1.82, 2.24) is 4.90 Å². The van der Waals surface area contributed by atoms with Gasteiger partial charge in [0.05, 0.1) is 13.2 Å². The van der Waals surface area contributed by atoms with Gasteiger partial charge in [-0.2, -0.15) is 0 Å². The zero-order valence-corrected chi connectivity index (χ0v) is 20.8. The Morgan fingerprint density at radius 2 is 1.82 bits per heavy atom. The minimum absolute atomic E-state index is 0.0700. The van der Waals surface area contributed by atoms with Crippen LogP contribution in [0.5, 0.6) is 5.75 Å². The van der Waals surface area contributed by atoms with Crippen LogP contribution in [0.4, 0.5) is 0 Å². The van der Waals surface area contributed by atoms with E-state index in [0.29, 0.717) is 66.9 Å². The van der Waals surface area contributed by atoms with Crippen LogP contribution in [-0.4, -0.2) is 73.5 Å². The zero-order valence-electron chi connectivity index (χ0n) is 19.3. The van der Waals surface area contributed by atoms with Crippen molar-refractivity contribution in [3.63, 3.8) is 0 Å². The summed E-state index contributed by atoms with van der Waals surface area (Å²) in [4.78, 5) is 28.5. The summed E-state index contributed by atoms with van der Waals surface area (Å²) >= 11 is 11.8. The number of ketones is 2. The summed E-state index contributed by atoms with van der Waals surface area (Å²) in [5.41, 5.74) is 2.57. The Morgan fingerprint density at radius 3 is 2.45 bits per heavy atom. The normalized spacial score (nSPS) is 23.1. The fourth-order valence-electron chi connectivity index (χ4n) is 4.93. The van der Waals surface area contributed by atoms with Crippen LogP contribution in [0, 0.1) is 0 Å². The summed E-state index contributed by atoms with van der Waals surface area (Å²) in [7, 11) is 1.40. The smallest absolute Gasteiger partial charge is 0.228 e. The van der Waals surface area contributed by atoms with Gasteiger partial charge >= 0.3 is 0 Å². The highest BCUT2D eigenvalue weighted by Crippen LogP contribution is 2.52. The average molecular weight is 498 g/mol. The number of halogens is 2. The Bertz CT molecular complexity index is 999. The minimum atomic E-state index is -0.740. The molecule has 1 aromatic carbocycles. The van der Waals surface area contributed by atoms with Gasteiger partial charge in [0, 0.05) is 60.1 Å². The lowest BCUT2D eigenvalue weighted by atomic mass is 9.83. The molecule has 1 aliphatic heterocycles. The second kappa shape index (κ2) is 9.55. The van der Waals surface area contributed by atoms with Crippen molar-refractivity contribution in [2.45, 2.75) is 45.2 Å². The van der Waals surface area contributed by atoms with Gasteiger partial charge in [0.1, 0.15) is 18.5 Å². The lowest BCUT2D eigenvalue weighted by Crippen LogP contribution is -2.32. The van der Waals surface area contributed by atoms with E-state index < -0.39 is 5.79 Å². The summed E-state index contributed by atoms with van der Waals surface area (Å²) in [6.45, 7) is 7.74. The van der Waals surface area contributed by atoms with Gasteiger partial charge in [0.25, 0.3) is 0 Å². The van der Waals surface area contributed by atoms with E-state index >= 15 is 0 Å². The molecule has 1 saturated heterocycles. The predicted molar refractivity (Wildman–Crippen MR) is 125 cm³/mol. The van der Waals surface area contributed by atoms with Crippen LogP contribution in [0.2, 0.25) is 0 Å².